The summed E-state index contributed by atoms with van der Waals surface area (Å²) in [6.45, 7) is 4.13. The molecule has 0 aromatic carbocycles. The molecule has 1 aliphatic rings. The normalized spacial score (nSPS) is 18.8. The molecule has 1 aromatic heterocycles. The molecule has 5 atom stereocenters. The van der Waals surface area contributed by atoms with Crippen LogP contribution in [-0.2, 0) is 30.4 Å². The predicted octanol–water partition coefficient (Wildman–Crippen LogP) is -1.84. The van der Waals surface area contributed by atoms with Crippen LogP contribution in [0.5, 0.6) is 0 Å². The van der Waals surface area contributed by atoms with Crippen molar-refractivity contribution >= 4 is 29.6 Å². The van der Waals surface area contributed by atoms with Gasteiger partial charge in [-0.25, -0.2) is 9.78 Å². The maximum Gasteiger partial charge on any atom is 0.326 e. The zero-order valence-corrected chi connectivity index (χ0v) is 19.3. The summed E-state index contributed by atoms with van der Waals surface area (Å²) < 4.78 is 0. The highest BCUT2D eigenvalue weighted by Crippen LogP contribution is 2.10. The van der Waals surface area contributed by atoms with E-state index in [9.17, 15) is 29.1 Å². The number of hydrogen-bond acceptors (Lipinski definition) is 7. The number of hydrogen-bond donors (Lipinski definition) is 7. The summed E-state index contributed by atoms with van der Waals surface area (Å²) in [4.78, 5) is 68.4. The molecule has 0 aliphatic carbocycles. The summed E-state index contributed by atoms with van der Waals surface area (Å²) in [5, 5.41) is 20.0. The summed E-state index contributed by atoms with van der Waals surface area (Å²) in [6.07, 6.45) is 4.38. The number of nitrogens with two attached hydrogens (primary N) is 1. The molecule has 34 heavy (non-hydrogen) atoms. The molecule has 5 unspecified atom stereocenters. The number of aliphatic carboxylic acids is 1. The van der Waals surface area contributed by atoms with Crippen molar-refractivity contribution in [3.63, 3.8) is 0 Å². The number of carboxylic acids is 1. The molecule has 0 saturated carbocycles. The average Bonchev–Trinajstić information content (AvgIpc) is 3.49. The molecule has 1 saturated heterocycles. The lowest BCUT2D eigenvalue weighted by molar-refractivity contribution is -0.144. The fourth-order valence-corrected chi connectivity index (χ4v) is 3.63. The quantitative estimate of drug-likeness (QED) is 0.171. The molecule has 1 fully saturated rings. The minimum absolute atomic E-state index is 0.0554. The van der Waals surface area contributed by atoms with Gasteiger partial charge in [0.15, 0.2) is 0 Å². The van der Waals surface area contributed by atoms with E-state index in [1.165, 1.54) is 12.5 Å². The Hall–Kier alpha value is -3.48. The Morgan fingerprint density at radius 2 is 1.88 bits per heavy atom. The Bertz CT molecular complexity index is 869. The van der Waals surface area contributed by atoms with Crippen molar-refractivity contribution in [2.75, 3.05) is 6.54 Å². The van der Waals surface area contributed by atoms with Crippen LogP contribution in [0.4, 0.5) is 0 Å². The number of nitrogens with one attached hydrogen (secondary N) is 5. The minimum atomic E-state index is -1.42. The second-order valence-electron chi connectivity index (χ2n) is 8.43. The van der Waals surface area contributed by atoms with Gasteiger partial charge in [0.1, 0.15) is 18.1 Å². The van der Waals surface area contributed by atoms with Gasteiger partial charge in [0.2, 0.25) is 23.6 Å². The number of aromatic nitrogens is 2. The van der Waals surface area contributed by atoms with E-state index in [0.717, 1.165) is 6.42 Å². The molecule has 13 heteroatoms. The van der Waals surface area contributed by atoms with Crippen molar-refractivity contribution in [2.24, 2.45) is 11.7 Å². The zero-order valence-electron chi connectivity index (χ0n) is 19.3. The van der Waals surface area contributed by atoms with Gasteiger partial charge in [-0.15, -0.1) is 0 Å². The molecule has 1 aromatic rings. The standard InChI is InChI=1S/C21H33N7O6/c1-3-11(2)17(21(33)34)28-20(32)15(8-16(22)29)27-19(31)14(7-12-9-23-10-25-12)26-18(30)13-5-4-6-24-13/h9-11,13-15,17,24H,3-8H2,1-2H3,(H2,22,29)(H,23,25)(H,26,30)(H,27,31)(H,28,32)(H,33,34). The SMILES string of the molecule is CCC(C)C(NC(=O)C(CC(N)=O)NC(=O)C(Cc1cnc[nH]1)NC(=O)C1CCCN1)C(=O)O. The van der Waals surface area contributed by atoms with Crippen LogP contribution in [-0.4, -0.2) is 75.4 Å². The third-order valence-electron chi connectivity index (χ3n) is 5.80. The first-order chi connectivity index (χ1) is 16.1. The van der Waals surface area contributed by atoms with E-state index >= 15 is 0 Å². The Morgan fingerprint density at radius 3 is 2.41 bits per heavy atom. The number of carbonyl (C=O) groups excluding carboxylic acids is 4. The molecule has 8 N–H and O–H groups in total. The Balaban J connectivity index is 2.16. The number of rotatable bonds is 13. The summed E-state index contributed by atoms with van der Waals surface area (Å²) in [7, 11) is 0. The molecular weight excluding hydrogens is 446 g/mol. The highest BCUT2D eigenvalue weighted by atomic mass is 16.4. The van der Waals surface area contributed by atoms with Gasteiger partial charge in [0, 0.05) is 18.3 Å². The second kappa shape index (κ2) is 12.7. The van der Waals surface area contributed by atoms with Crippen molar-refractivity contribution < 1.29 is 29.1 Å². The zero-order chi connectivity index (χ0) is 25.3. The number of H-pyrrole nitrogens is 1. The van der Waals surface area contributed by atoms with E-state index in [0.29, 0.717) is 25.1 Å². The number of amides is 4. The smallest absolute Gasteiger partial charge is 0.326 e. The van der Waals surface area contributed by atoms with Gasteiger partial charge in [-0.3, -0.25) is 19.2 Å². The first-order valence-electron chi connectivity index (χ1n) is 11.2. The molecular formula is C21H33N7O6. The number of aromatic amines is 1. The molecule has 0 spiro atoms. The number of imidazole rings is 1. The Kier molecular flexibility index (Phi) is 9.98. The van der Waals surface area contributed by atoms with Crippen LogP contribution < -0.4 is 27.0 Å². The molecule has 2 heterocycles. The Labute approximate surface area is 197 Å². The fraction of sp³-hybridized carbons (Fsp3) is 0.619. The summed E-state index contributed by atoms with van der Waals surface area (Å²) in [6, 6.07) is -4.14. The van der Waals surface area contributed by atoms with Gasteiger partial charge >= 0.3 is 5.97 Å². The van der Waals surface area contributed by atoms with Gasteiger partial charge < -0.3 is 37.1 Å². The van der Waals surface area contributed by atoms with E-state index in [-0.39, 0.29) is 12.3 Å². The maximum atomic E-state index is 13.1. The van der Waals surface area contributed by atoms with Crippen molar-refractivity contribution in [1.82, 2.24) is 31.2 Å². The first kappa shape index (κ1) is 26.8. The van der Waals surface area contributed by atoms with Crippen LogP contribution >= 0.6 is 0 Å². The molecule has 4 amide bonds. The van der Waals surface area contributed by atoms with Crippen molar-refractivity contribution in [2.45, 2.75) is 70.1 Å². The summed E-state index contributed by atoms with van der Waals surface area (Å²) in [5.41, 5.74) is 5.82. The van der Waals surface area contributed by atoms with E-state index in [2.05, 4.69) is 31.2 Å². The highest BCUT2D eigenvalue weighted by molar-refractivity contribution is 5.96. The van der Waals surface area contributed by atoms with Crippen LogP contribution in [0.25, 0.3) is 0 Å². The summed E-state index contributed by atoms with van der Waals surface area (Å²) >= 11 is 0. The van der Waals surface area contributed by atoms with Crippen molar-refractivity contribution in [1.29, 1.82) is 0 Å². The Morgan fingerprint density at radius 1 is 1.18 bits per heavy atom. The van der Waals surface area contributed by atoms with E-state index in [1.807, 2.05) is 0 Å². The lowest BCUT2D eigenvalue weighted by Crippen LogP contribution is -2.58. The molecule has 13 nitrogen and oxygen atoms in total. The third kappa shape index (κ3) is 7.83. The second-order valence-corrected chi connectivity index (χ2v) is 8.43. The van der Waals surface area contributed by atoms with Gasteiger partial charge in [-0.05, 0) is 25.3 Å². The topological polar surface area (TPSA) is 208 Å². The molecule has 1 aliphatic heterocycles. The first-order valence-corrected chi connectivity index (χ1v) is 11.2. The molecule has 0 radical (unpaired) electrons. The number of nitrogens with zero attached hydrogens (tertiary/aromatic N) is 1. The summed E-state index contributed by atoms with van der Waals surface area (Å²) in [5.74, 6) is -4.43. The van der Waals surface area contributed by atoms with E-state index < -0.39 is 60.2 Å². The molecule has 2 rings (SSSR count). The van der Waals surface area contributed by atoms with Crippen LogP contribution in [0.1, 0.15) is 45.2 Å². The number of primary amides is 1. The lowest BCUT2D eigenvalue weighted by atomic mass is 9.98. The number of carbonyl (C=O) groups is 5. The van der Waals surface area contributed by atoms with Gasteiger partial charge in [0.25, 0.3) is 0 Å². The molecule has 188 valence electrons. The van der Waals surface area contributed by atoms with Gasteiger partial charge in [-0.2, -0.15) is 0 Å². The monoisotopic (exact) mass is 479 g/mol. The maximum absolute atomic E-state index is 13.1. The van der Waals surface area contributed by atoms with Crippen LogP contribution in [0.3, 0.4) is 0 Å². The van der Waals surface area contributed by atoms with Gasteiger partial charge in [0.05, 0.1) is 18.8 Å². The third-order valence-corrected chi connectivity index (χ3v) is 5.80. The average molecular weight is 480 g/mol. The number of carboxylic acid groups (broad SMARTS) is 1. The fourth-order valence-electron chi connectivity index (χ4n) is 3.63. The van der Waals surface area contributed by atoms with Crippen molar-refractivity contribution in [3.05, 3.63) is 18.2 Å². The largest absolute Gasteiger partial charge is 0.480 e. The minimum Gasteiger partial charge on any atom is -0.480 e. The van der Waals surface area contributed by atoms with Gasteiger partial charge in [-0.1, -0.05) is 20.3 Å². The van der Waals surface area contributed by atoms with E-state index in [4.69, 9.17) is 5.73 Å². The lowest BCUT2D eigenvalue weighted by Gasteiger charge is -2.26. The van der Waals surface area contributed by atoms with Crippen molar-refractivity contribution in [3.8, 4) is 0 Å². The predicted molar refractivity (Wildman–Crippen MR) is 120 cm³/mol. The van der Waals surface area contributed by atoms with Crippen LogP contribution in [0, 0.1) is 5.92 Å². The highest BCUT2D eigenvalue weighted by Gasteiger charge is 2.33. The molecule has 0 bridgehead atoms. The van der Waals surface area contributed by atoms with E-state index in [1.54, 1.807) is 13.8 Å². The van der Waals surface area contributed by atoms with Crippen LogP contribution in [0.15, 0.2) is 12.5 Å². The van der Waals surface area contributed by atoms with Crippen LogP contribution in [0.2, 0.25) is 0 Å².